The fourth-order valence-electron chi connectivity index (χ4n) is 2.56. The minimum atomic E-state index is 0.117. The normalized spacial score (nSPS) is 13.2. The van der Waals surface area contributed by atoms with Gasteiger partial charge in [0.15, 0.2) is 5.65 Å². The van der Waals surface area contributed by atoms with Crippen LogP contribution in [0.15, 0.2) is 54.8 Å². The van der Waals surface area contributed by atoms with Gasteiger partial charge in [-0.3, -0.25) is 0 Å². The molecule has 22 heavy (non-hydrogen) atoms. The van der Waals surface area contributed by atoms with Gasteiger partial charge in [-0.05, 0) is 17.7 Å². The Morgan fingerprint density at radius 3 is 2.82 bits per heavy atom. The predicted molar refractivity (Wildman–Crippen MR) is 86.0 cm³/mol. The van der Waals surface area contributed by atoms with Gasteiger partial charge in [0, 0.05) is 28.6 Å². The highest BCUT2D eigenvalue weighted by Gasteiger charge is 2.19. The molecular formula is C17H12ClN3O. The minimum Gasteiger partial charge on any atom is -0.493 e. The van der Waals surface area contributed by atoms with Crippen molar-refractivity contribution in [2.24, 2.45) is 0 Å². The fraction of sp³-hybridized carbons (Fsp3) is 0.0588. The molecule has 4 nitrogen and oxygen atoms in total. The lowest BCUT2D eigenvalue weighted by Crippen LogP contribution is -2.05. The Morgan fingerprint density at radius 1 is 1.23 bits per heavy atom. The van der Waals surface area contributed by atoms with E-state index >= 15 is 0 Å². The zero-order valence-corrected chi connectivity index (χ0v) is 12.3. The number of hydrogen-bond acceptors (Lipinski definition) is 3. The summed E-state index contributed by atoms with van der Waals surface area (Å²) in [5.41, 5.74) is 4.18. The molecule has 0 radical (unpaired) electrons. The summed E-state index contributed by atoms with van der Waals surface area (Å²) in [6, 6.07) is 9.38. The van der Waals surface area contributed by atoms with E-state index in [4.69, 9.17) is 11.6 Å². The van der Waals surface area contributed by atoms with Crippen LogP contribution in [0.4, 0.5) is 0 Å². The Balaban J connectivity index is 1.88. The molecule has 2 aromatic heterocycles. The van der Waals surface area contributed by atoms with Gasteiger partial charge in [-0.2, -0.15) is 9.61 Å². The Labute approximate surface area is 132 Å². The predicted octanol–water partition coefficient (Wildman–Crippen LogP) is 3.63. The molecule has 108 valence electrons. The molecule has 5 heteroatoms. The highest BCUT2D eigenvalue weighted by Crippen LogP contribution is 2.32. The number of halogens is 1. The third-order valence-corrected chi connectivity index (χ3v) is 3.94. The maximum absolute atomic E-state index is 10.6. The molecule has 0 fully saturated rings. The van der Waals surface area contributed by atoms with Gasteiger partial charge in [0.1, 0.15) is 0 Å². The Kier molecular flexibility index (Phi) is 2.98. The van der Waals surface area contributed by atoms with Gasteiger partial charge in [0.2, 0.25) is 5.88 Å². The van der Waals surface area contributed by atoms with E-state index in [1.165, 1.54) is 4.52 Å². The number of aromatic nitrogens is 3. The molecule has 0 aliphatic heterocycles. The maximum Gasteiger partial charge on any atom is 0.219 e. The van der Waals surface area contributed by atoms with E-state index < -0.39 is 0 Å². The van der Waals surface area contributed by atoms with Gasteiger partial charge < -0.3 is 5.11 Å². The van der Waals surface area contributed by atoms with Gasteiger partial charge >= 0.3 is 0 Å². The van der Waals surface area contributed by atoms with Crippen molar-refractivity contribution < 1.29 is 5.11 Å². The molecule has 1 aliphatic carbocycles. The molecule has 1 aromatic carbocycles. The lowest BCUT2D eigenvalue weighted by atomic mass is 9.96. The van der Waals surface area contributed by atoms with E-state index in [0.29, 0.717) is 17.1 Å². The van der Waals surface area contributed by atoms with Crippen LogP contribution in [0, 0.1) is 0 Å². The number of fused-ring (bicyclic) bond motifs is 1. The number of allylic oxidation sites excluding steroid dienone is 4. The van der Waals surface area contributed by atoms with Crippen LogP contribution in [0.3, 0.4) is 0 Å². The highest BCUT2D eigenvalue weighted by atomic mass is 35.5. The van der Waals surface area contributed by atoms with Gasteiger partial charge in [0.05, 0.1) is 11.9 Å². The van der Waals surface area contributed by atoms with Crippen molar-refractivity contribution in [3.63, 3.8) is 0 Å². The second-order valence-corrected chi connectivity index (χ2v) is 5.59. The molecule has 1 N–H and O–H groups in total. The third-order valence-electron chi connectivity index (χ3n) is 3.70. The van der Waals surface area contributed by atoms with Crippen LogP contribution in [0.5, 0.6) is 5.88 Å². The second kappa shape index (κ2) is 5.00. The fourth-order valence-corrected chi connectivity index (χ4v) is 2.78. The van der Waals surface area contributed by atoms with Crippen LogP contribution in [0.2, 0.25) is 5.02 Å². The summed E-state index contributed by atoms with van der Waals surface area (Å²) in [6.07, 6.45) is 8.08. The van der Waals surface area contributed by atoms with Gasteiger partial charge in [-0.25, -0.2) is 4.98 Å². The first-order valence-electron chi connectivity index (χ1n) is 6.91. The highest BCUT2D eigenvalue weighted by molar-refractivity contribution is 6.30. The van der Waals surface area contributed by atoms with Gasteiger partial charge in [0.25, 0.3) is 0 Å². The van der Waals surface area contributed by atoms with Crippen molar-refractivity contribution in [2.45, 2.75) is 6.42 Å². The smallest absolute Gasteiger partial charge is 0.219 e. The molecule has 0 unspecified atom stereocenters. The van der Waals surface area contributed by atoms with E-state index in [-0.39, 0.29) is 5.88 Å². The molecule has 4 rings (SSSR count). The van der Waals surface area contributed by atoms with Gasteiger partial charge in [-0.1, -0.05) is 42.0 Å². The number of hydrogen-bond donors (Lipinski definition) is 1. The van der Waals surface area contributed by atoms with E-state index in [0.717, 1.165) is 22.4 Å². The van der Waals surface area contributed by atoms with E-state index in [9.17, 15) is 5.11 Å². The largest absolute Gasteiger partial charge is 0.493 e. The van der Waals surface area contributed by atoms with E-state index in [1.807, 2.05) is 42.5 Å². The van der Waals surface area contributed by atoms with Gasteiger partial charge in [-0.15, -0.1) is 0 Å². The SMILES string of the molecule is Oc1c(Cc2cccc(Cl)c2)c(C2=CC=C2)nc2ccnn12. The van der Waals surface area contributed by atoms with Crippen LogP contribution in [0.25, 0.3) is 11.2 Å². The van der Waals surface area contributed by atoms with Crippen molar-refractivity contribution >= 4 is 22.8 Å². The average molecular weight is 310 g/mol. The first kappa shape index (κ1) is 13.1. The average Bonchev–Trinajstić information content (AvgIpc) is 2.90. The molecule has 3 aromatic rings. The quantitative estimate of drug-likeness (QED) is 0.803. The molecular weight excluding hydrogens is 298 g/mol. The summed E-state index contributed by atoms with van der Waals surface area (Å²) in [5, 5.41) is 15.4. The molecule has 0 bridgehead atoms. The standard InChI is InChI=1S/C17H12ClN3O/c18-13-6-1-3-11(9-13)10-14-16(12-4-2-5-12)20-15-7-8-19-21(15)17(14)22/h1-9,22H,10H2. The zero-order valence-electron chi connectivity index (χ0n) is 11.6. The molecule has 0 atom stereocenters. The van der Waals surface area contributed by atoms with E-state index in [2.05, 4.69) is 10.1 Å². The molecule has 2 heterocycles. The number of aromatic hydroxyl groups is 1. The molecule has 0 saturated carbocycles. The Bertz CT molecular complexity index is 940. The topological polar surface area (TPSA) is 50.4 Å². The van der Waals surface area contributed by atoms with Crippen molar-refractivity contribution in [3.8, 4) is 5.88 Å². The third kappa shape index (κ3) is 2.09. The number of rotatable bonds is 3. The molecule has 0 spiro atoms. The molecule has 0 saturated heterocycles. The summed E-state index contributed by atoms with van der Waals surface area (Å²) < 4.78 is 1.45. The summed E-state index contributed by atoms with van der Waals surface area (Å²) in [6.45, 7) is 0. The first-order valence-corrected chi connectivity index (χ1v) is 7.29. The lowest BCUT2D eigenvalue weighted by Gasteiger charge is -2.15. The number of nitrogens with zero attached hydrogens (tertiary/aromatic N) is 3. The maximum atomic E-state index is 10.6. The summed E-state index contributed by atoms with van der Waals surface area (Å²) in [7, 11) is 0. The van der Waals surface area contributed by atoms with Crippen LogP contribution in [-0.4, -0.2) is 19.7 Å². The summed E-state index contributed by atoms with van der Waals surface area (Å²) in [4.78, 5) is 4.62. The minimum absolute atomic E-state index is 0.117. The molecule has 0 amide bonds. The van der Waals surface area contributed by atoms with Crippen molar-refractivity contribution in [3.05, 3.63) is 76.6 Å². The van der Waals surface area contributed by atoms with E-state index in [1.54, 1.807) is 12.3 Å². The van der Waals surface area contributed by atoms with Crippen LogP contribution in [-0.2, 0) is 6.42 Å². The summed E-state index contributed by atoms with van der Waals surface area (Å²) in [5.74, 6) is 0.117. The van der Waals surface area contributed by atoms with Crippen molar-refractivity contribution in [2.75, 3.05) is 0 Å². The second-order valence-electron chi connectivity index (χ2n) is 5.15. The number of benzene rings is 1. The molecule has 1 aliphatic rings. The Morgan fingerprint density at radius 2 is 2.09 bits per heavy atom. The zero-order chi connectivity index (χ0) is 15.1. The monoisotopic (exact) mass is 309 g/mol. The Hall–Kier alpha value is -2.59. The van der Waals surface area contributed by atoms with Crippen LogP contribution >= 0.6 is 11.6 Å². The lowest BCUT2D eigenvalue weighted by molar-refractivity contribution is 0.428. The summed E-state index contributed by atoms with van der Waals surface area (Å²) >= 11 is 6.05. The van der Waals surface area contributed by atoms with Crippen molar-refractivity contribution in [1.29, 1.82) is 0 Å². The first-order chi connectivity index (χ1) is 10.7. The van der Waals surface area contributed by atoms with Crippen molar-refractivity contribution in [1.82, 2.24) is 14.6 Å². The van der Waals surface area contributed by atoms with Crippen LogP contribution < -0.4 is 0 Å². The van der Waals surface area contributed by atoms with Crippen LogP contribution in [0.1, 0.15) is 16.8 Å².